The van der Waals surface area contributed by atoms with Gasteiger partial charge in [0.15, 0.2) is 4.96 Å². The maximum absolute atomic E-state index is 4.54. The van der Waals surface area contributed by atoms with Crippen molar-refractivity contribution in [3.05, 3.63) is 21.4 Å². The normalized spacial score (nSPS) is 11.3. The predicted octanol–water partition coefficient (Wildman–Crippen LogP) is 3.33. The van der Waals surface area contributed by atoms with E-state index in [4.69, 9.17) is 0 Å². The Labute approximate surface area is 93.5 Å². The van der Waals surface area contributed by atoms with E-state index in [9.17, 15) is 0 Å². The lowest BCUT2D eigenvalue weighted by atomic mass is 10.5. The topological polar surface area (TPSA) is 17.3 Å². The van der Waals surface area contributed by atoms with Crippen molar-refractivity contribution < 1.29 is 0 Å². The van der Waals surface area contributed by atoms with Gasteiger partial charge in [-0.05, 0) is 29.1 Å². The molecule has 5 heteroatoms. The first kappa shape index (κ1) is 9.55. The van der Waals surface area contributed by atoms with Gasteiger partial charge in [-0.1, -0.05) is 0 Å². The van der Waals surface area contributed by atoms with E-state index in [-0.39, 0.29) is 0 Å². The van der Waals surface area contributed by atoms with E-state index >= 15 is 0 Å². The molecule has 70 valence electrons. The Hall–Kier alpha value is -0.000000000000000111. The number of thioether (sulfide) groups is 1. The largest absolute Gasteiger partial charge is 0.282 e. The average Bonchev–Trinajstić information content (AvgIpc) is 2.58. The molecule has 0 bridgehead atoms. The minimum absolute atomic E-state index is 0.967. The van der Waals surface area contributed by atoms with Crippen LogP contribution < -0.4 is 0 Å². The summed E-state index contributed by atoms with van der Waals surface area (Å²) in [5.41, 5.74) is 2.38. The number of hydrogen-bond donors (Lipinski definition) is 0. The van der Waals surface area contributed by atoms with Gasteiger partial charge in [0, 0.05) is 16.8 Å². The van der Waals surface area contributed by atoms with E-state index in [1.807, 2.05) is 0 Å². The van der Waals surface area contributed by atoms with Crippen LogP contribution in [0.15, 0.2) is 9.98 Å². The van der Waals surface area contributed by atoms with Crippen LogP contribution in [0.1, 0.15) is 11.4 Å². The fraction of sp³-hybridized carbons (Fsp3) is 0.375. The molecular formula is C8H9BrN2S2. The molecule has 2 aromatic heterocycles. The SMILES string of the molecule is CSCc1nc2scc(C)n2c1Br. The highest BCUT2D eigenvalue weighted by Crippen LogP contribution is 2.26. The van der Waals surface area contributed by atoms with Crippen molar-refractivity contribution in [2.24, 2.45) is 0 Å². The lowest BCUT2D eigenvalue weighted by molar-refractivity contribution is 1.09. The summed E-state index contributed by atoms with van der Waals surface area (Å²) in [6, 6.07) is 0. The van der Waals surface area contributed by atoms with Gasteiger partial charge in [-0.15, -0.1) is 11.3 Å². The maximum Gasteiger partial charge on any atom is 0.195 e. The summed E-state index contributed by atoms with van der Waals surface area (Å²) in [5.74, 6) is 0.967. The van der Waals surface area contributed by atoms with Crippen LogP contribution in [0.5, 0.6) is 0 Å². The first-order valence-corrected chi connectivity index (χ1v) is 6.90. The summed E-state index contributed by atoms with van der Waals surface area (Å²) in [6.45, 7) is 2.10. The highest BCUT2D eigenvalue weighted by molar-refractivity contribution is 9.10. The molecule has 0 aromatic carbocycles. The van der Waals surface area contributed by atoms with Crippen molar-refractivity contribution in [1.82, 2.24) is 9.38 Å². The lowest BCUT2D eigenvalue weighted by Crippen LogP contribution is -1.85. The molecule has 0 atom stereocenters. The van der Waals surface area contributed by atoms with Crippen molar-refractivity contribution in [3.8, 4) is 0 Å². The molecule has 13 heavy (non-hydrogen) atoms. The molecule has 0 aliphatic rings. The standard InChI is InChI=1S/C8H9BrN2S2/c1-5-3-13-8-10-6(4-12-2)7(9)11(5)8/h3H,4H2,1-2H3. The van der Waals surface area contributed by atoms with Crippen molar-refractivity contribution in [1.29, 1.82) is 0 Å². The molecule has 0 unspecified atom stereocenters. The smallest absolute Gasteiger partial charge is 0.195 e. The third-order valence-electron chi connectivity index (χ3n) is 1.82. The van der Waals surface area contributed by atoms with Gasteiger partial charge in [0.25, 0.3) is 0 Å². The first-order chi connectivity index (χ1) is 6.24. The van der Waals surface area contributed by atoms with Crippen molar-refractivity contribution in [2.45, 2.75) is 12.7 Å². The molecule has 0 spiro atoms. The van der Waals surface area contributed by atoms with Gasteiger partial charge < -0.3 is 0 Å². The van der Waals surface area contributed by atoms with Crippen molar-refractivity contribution >= 4 is 44.0 Å². The Morgan fingerprint density at radius 2 is 2.46 bits per heavy atom. The third kappa shape index (κ3) is 1.53. The predicted molar refractivity (Wildman–Crippen MR) is 62.7 cm³/mol. The number of rotatable bonds is 2. The number of hydrogen-bond acceptors (Lipinski definition) is 3. The number of aryl methyl sites for hydroxylation is 1. The summed E-state index contributed by atoms with van der Waals surface area (Å²) < 4.78 is 3.26. The zero-order chi connectivity index (χ0) is 9.42. The summed E-state index contributed by atoms with van der Waals surface area (Å²) >= 11 is 7.06. The van der Waals surface area contributed by atoms with E-state index in [0.29, 0.717) is 0 Å². The van der Waals surface area contributed by atoms with Gasteiger partial charge in [-0.25, -0.2) is 4.98 Å². The summed E-state index contributed by atoms with van der Waals surface area (Å²) in [4.78, 5) is 5.61. The molecule has 2 nitrogen and oxygen atoms in total. The summed E-state index contributed by atoms with van der Waals surface area (Å²) in [7, 11) is 0. The van der Waals surface area contributed by atoms with Gasteiger partial charge in [0.2, 0.25) is 0 Å². The van der Waals surface area contributed by atoms with Crippen LogP contribution in [-0.4, -0.2) is 15.6 Å². The van der Waals surface area contributed by atoms with Gasteiger partial charge in [0.05, 0.1) is 5.69 Å². The van der Waals surface area contributed by atoms with E-state index < -0.39 is 0 Å². The second-order valence-corrected chi connectivity index (χ2v) is 5.23. The molecule has 0 aliphatic carbocycles. The molecule has 0 fully saturated rings. The van der Waals surface area contributed by atoms with Crippen LogP contribution in [0.25, 0.3) is 4.96 Å². The van der Waals surface area contributed by atoms with Gasteiger partial charge in [0.1, 0.15) is 4.60 Å². The van der Waals surface area contributed by atoms with E-state index in [1.54, 1.807) is 23.1 Å². The molecule has 2 heterocycles. The molecule has 0 N–H and O–H groups in total. The molecule has 0 aliphatic heterocycles. The number of aromatic nitrogens is 2. The van der Waals surface area contributed by atoms with E-state index in [0.717, 1.165) is 21.0 Å². The zero-order valence-corrected chi connectivity index (χ0v) is 10.6. The summed E-state index contributed by atoms with van der Waals surface area (Å²) in [5, 5.41) is 2.12. The Morgan fingerprint density at radius 1 is 1.69 bits per heavy atom. The Morgan fingerprint density at radius 3 is 3.08 bits per heavy atom. The van der Waals surface area contributed by atoms with Crippen LogP contribution in [0, 0.1) is 6.92 Å². The quantitative estimate of drug-likeness (QED) is 0.837. The highest BCUT2D eigenvalue weighted by atomic mass is 79.9. The second-order valence-electron chi connectivity index (χ2n) is 2.78. The number of fused-ring (bicyclic) bond motifs is 1. The number of halogens is 1. The number of imidazole rings is 1. The van der Waals surface area contributed by atoms with E-state index in [2.05, 4.69) is 43.9 Å². The van der Waals surface area contributed by atoms with E-state index in [1.165, 1.54) is 5.69 Å². The number of thiazole rings is 1. The van der Waals surface area contributed by atoms with Crippen LogP contribution in [0.2, 0.25) is 0 Å². The van der Waals surface area contributed by atoms with Crippen LogP contribution >= 0.6 is 39.0 Å². The number of nitrogens with zero attached hydrogens (tertiary/aromatic N) is 2. The molecule has 0 amide bonds. The third-order valence-corrected chi connectivity index (χ3v) is 4.14. The molecule has 2 rings (SSSR count). The molecule has 0 saturated carbocycles. The Bertz CT molecular complexity index is 432. The highest BCUT2D eigenvalue weighted by Gasteiger charge is 2.11. The maximum atomic E-state index is 4.54. The molecule has 2 aromatic rings. The first-order valence-electron chi connectivity index (χ1n) is 3.84. The Kier molecular flexibility index (Phi) is 2.67. The molecule has 0 radical (unpaired) electrons. The second kappa shape index (κ2) is 3.63. The fourth-order valence-corrected chi connectivity index (χ4v) is 3.57. The van der Waals surface area contributed by atoms with Gasteiger partial charge in [-0.3, -0.25) is 4.40 Å². The van der Waals surface area contributed by atoms with Crippen LogP contribution in [0.4, 0.5) is 0 Å². The van der Waals surface area contributed by atoms with Gasteiger partial charge in [-0.2, -0.15) is 11.8 Å². The Balaban J connectivity index is 2.61. The summed E-state index contributed by atoms with van der Waals surface area (Å²) in [6.07, 6.45) is 2.09. The molecular weight excluding hydrogens is 268 g/mol. The van der Waals surface area contributed by atoms with Crippen molar-refractivity contribution in [3.63, 3.8) is 0 Å². The zero-order valence-electron chi connectivity index (χ0n) is 7.37. The lowest BCUT2D eigenvalue weighted by Gasteiger charge is -1.94. The van der Waals surface area contributed by atoms with Crippen molar-refractivity contribution in [2.75, 3.05) is 6.26 Å². The van der Waals surface area contributed by atoms with Crippen LogP contribution in [0.3, 0.4) is 0 Å². The van der Waals surface area contributed by atoms with Crippen LogP contribution in [-0.2, 0) is 5.75 Å². The minimum Gasteiger partial charge on any atom is -0.282 e. The fourth-order valence-electron chi connectivity index (χ4n) is 1.23. The minimum atomic E-state index is 0.967. The molecule has 0 saturated heterocycles. The monoisotopic (exact) mass is 276 g/mol. The van der Waals surface area contributed by atoms with Gasteiger partial charge >= 0.3 is 0 Å². The average molecular weight is 277 g/mol.